The molecule has 7 heteroatoms. The molecule has 1 aliphatic rings. The van der Waals surface area contributed by atoms with Crippen LogP contribution in [0.25, 0.3) is 21.5 Å². The number of nitrogens with two attached hydrogens (primary N) is 1. The summed E-state index contributed by atoms with van der Waals surface area (Å²) in [4.78, 5) is 20.3. The third-order valence-corrected chi connectivity index (χ3v) is 5.31. The summed E-state index contributed by atoms with van der Waals surface area (Å²) < 4.78 is 7.23. The summed E-state index contributed by atoms with van der Waals surface area (Å²) in [5.74, 6) is 1.50. The molecular formula is C18H18N4O2S. The van der Waals surface area contributed by atoms with Gasteiger partial charge in [0.2, 0.25) is 5.91 Å². The maximum atomic E-state index is 11.5. The van der Waals surface area contributed by atoms with Gasteiger partial charge in [0, 0.05) is 24.4 Å². The van der Waals surface area contributed by atoms with Crippen LogP contribution in [0.4, 0.5) is 5.82 Å². The average molecular weight is 354 g/mol. The Morgan fingerprint density at radius 3 is 3.04 bits per heavy atom. The Morgan fingerprint density at radius 1 is 1.40 bits per heavy atom. The van der Waals surface area contributed by atoms with Crippen molar-refractivity contribution in [3.05, 3.63) is 35.8 Å². The topological polar surface area (TPSA) is 90.1 Å². The number of ether oxygens (including phenoxy) is 1. The largest absolute Gasteiger partial charge is 0.489 e. The maximum absolute atomic E-state index is 11.5. The summed E-state index contributed by atoms with van der Waals surface area (Å²) in [6.07, 6.45) is 0.428. The van der Waals surface area contributed by atoms with Crippen LogP contribution in [0.15, 0.2) is 35.8 Å². The van der Waals surface area contributed by atoms with Gasteiger partial charge in [0.25, 0.3) is 0 Å². The molecule has 6 nitrogen and oxygen atoms in total. The zero-order valence-electron chi connectivity index (χ0n) is 13.7. The third kappa shape index (κ3) is 3.15. The van der Waals surface area contributed by atoms with E-state index in [-0.39, 0.29) is 17.9 Å². The van der Waals surface area contributed by atoms with Gasteiger partial charge in [-0.1, -0.05) is 6.07 Å². The van der Waals surface area contributed by atoms with E-state index in [9.17, 15) is 4.79 Å². The molecule has 1 aliphatic heterocycles. The molecule has 3 heterocycles. The second-order valence-corrected chi connectivity index (χ2v) is 7.07. The fraction of sp³-hybridized carbons (Fsp3) is 0.278. The smallest absolute Gasteiger partial charge is 0.220 e. The van der Waals surface area contributed by atoms with Crippen LogP contribution in [-0.4, -0.2) is 28.5 Å². The van der Waals surface area contributed by atoms with Crippen molar-refractivity contribution in [1.29, 1.82) is 0 Å². The molecule has 0 aliphatic carbocycles. The predicted octanol–water partition coefficient (Wildman–Crippen LogP) is 2.84. The molecule has 2 aromatic heterocycles. The summed E-state index contributed by atoms with van der Waals surface area (Å²) in [5, 5.41) is 2.86. The lowest BCUT2D eigenvalue weighted by Crippen LogP contribution is -2.25. The lowest BCUT2D eigenvalue weighted by atomic mass is 10.0. The molecule has 25 heavy (non-hydrogen) atoms. The number of hydrogen-bond acceptors (Lipinski definition) is 6. The molecule has 4 rings (SSSR count). The zero-order valence-corrected chi connectivity index (χ0v) is 14.5. The van der Waals surface area contributed by atoms with Crippen LogP contribution in [0.3, 0.4) is 0 Å². The van der Waals surface area contributed by atoms with Gasteiger partial charge in [0.1, 0.15) is 17.7 Å². The van der Waals surface area contributed by atoms with E-state index in [1.54, 1.807) is 22.9 Å². The highest BCUT2D eigenvalue weighted by atomic mass is 32.1. The van der Waals surface area contributed by atoms with Crippen LogP contribution in [0.1, 0.15) is 13.3 Å². The van der Waals surface area contributed by atoms with Crippen LogP contribution in [-0.2, 0) is 4.79 Å². The summed E-state index contributed by atoms with van der Waals surface area (Å²) in [6, 6.07) is 9.52. The number of nitrogen functional groups attached to an aromatic ring is 1. The fourth-order valence-electron chi connectivity index (χ4n) is 3.04. The van der Waals surface area contributed by atoms with E-state index < -0.39 is 0 Å². The minimum atomic E-state index is -0.0756. The molecule has 1 amide bonds. The van der Waals surface area contributed by atoms with E-state index in [1.807, 2.05) is 31.2 Å². The Balaban J connectivity index is 1.70. The first-order valence-electron chi connectivity index (χ1n) is 8.13. The number of amides is 1. The number of nitrogens with one attached hydrogen (secondary N) is 1. The second kappa shape index (κ2) is 6.33. The van der Waals surface area contributed by atoms with Gasteiger partial charge in [0.05, 0.1) is 21.4 Å². The highest BCUT2D eigenvalue weighted by Gasteiger charge is 2.28. The van der Waals surface area contributed by atoms with Crippen molar-refractivity contribution in [3.63, 3.8) is 0 Å². The van der Waals surface area contributed by atoms with E-state index in [0.29, 0.717) is 18.8 Å². The molecule has 1 aromatic carbocycles. The maximum Gasteiger partial charge on any atom is 0.220 e. The van der Waals surface area contributed by atoms with Crippen molar-refractivity contribution in [2.75, 3.05) is 12.3 Å². The van der Waals surface area contributed by atoms with Gasteiger partial charge in [-0.3, -0.25) is 4.79 Å². The van der Waals surface area contributed by atoms with Gasteiger partial charge in [-0.2, -0.15) is 0 Å². The summed E-state index contributed by atoms with van der Waals surface area (Å²) in [7, 11) is 0. The van der Waals surface area contributed by atoms with Crippen molar-refractivity contribution in [3.8, 4) is 17.0 Å². The lowest BCUT2D eigenvalue weighted by Gasteiger charge is -2.20. The standard InChI is InChI=1S/C18H18N4O2S/c1-10(12-7-17(23)20-8-12)24-15-6-11(5-14-18(15)25-9-21-14)13-3-2-4-16(19)22-13/h2-6,9-10,12H,7-8H2,1H3,(H2,19,22)(H,20,23)/t10-,12-/m1/s1. The number of anilines is 1. The first kappa shape index (κ1) is 15.8. The van der Waals surface area contributed by atoms with E-state index >= 15 is 0 Å². The normalized spacial score (nSPS) is 18.3. The molecule has 2 atom stereocenters. The molecule has 1 fully saturated rings. The first-order valence-corrected chi connectivity index (χ1v) is 9.01. The molecule has 0 bridgehead atoms. The van der Waals surface area contributed by atoms with Gasteiger partial charge >= 0.3 is 0 Å². The molecular weight excluding hydrogens is 336 g/mol. The van der Waals surface area contributed by atoms with E-state index in [4.69, 9.17) is 10.5 Å². The van der Waals surface area contributed by atoms with E-state index in [1.165, 1.54) is 0 Å². The molecule has 0 radical (unpaired) electrons. The number of hydrogen-bond donors (Lipinski definition) is 2. The quantitative estimate of drug-likeness (QED) is 0.752. The van der Waals surface area contributed by atoms with Crippen molar-refractivity contribution in [2.45, 2.75) is 19.4 Å². The fourth-order valence-corrected chi connectivity index (χ4v) is 3.77. The second-order valence-electron chi connectivity index (χ2n) is 6.21. The monoisotopic (exact) mass is 354 g/mol. The SMILES string of the molecule is C[C@@H](Oc1cc(-c2cccc(N)n2)cc2ncsc12)[C@H]1CNC(=O)C1. The van der Waals surface area contributed by atoms with Gasteiger partial charge in [0.15, 0.2) is 0 Å². The first-order chi connectivity index (χ1) is 12.1. The van der Waals surface area contributed by atoms with Gasteiger partial charge < -0.3 is 15.8 Å². The highest BCUT2D eigenvalue weighted by molar-refractivity contribution is 7.17. The Bertz CT molecular complexity index is 940. The average Bonchev–Trinajstić information content (AvgIpc) is 3.23. The van der Waals surface area contributed by atoms with Crippen molar-refractivity contribution >= 4 is 33.3 Å². The Labute approximate surface area is 149 Å². The highest BCUT2D eigenvalue weighted by Crippen LogP contribution is 2.35. The van der Waals surface area contributed by atoms with Crippen LogP contribution in [0, 0.1) is 5.92 Å². The molecule has 3 aromatic rings. The Kier molecular flexibility index (Phi) is 4.01. The van der Waals surface area contributed by atoms with Gasteiger partial charge in [-0.25, -0.2) is 9.97 Å². The summed E-state index contributed by atoms with van der Waals surface area (Å²) in [5.41, 5.74) is 10.2. The number of aromatic nitrogens is 2. The number of pyridine rings is 1. The minimum absolute atomic E-state index is 0.0756. The number of rotatable bonds is 4. The van der Waals surface area contributed by atoms with Gasteiger partial charge in [-0.05, 0) is 31.2 Å². The molecule has 0 spiro atoms. The van der Waals surface area contributed by atoms with Crippen molar-refractivity contribution in [2.24, 2.45) is 5.92 Å². The van der Waals surface area contributed by atoms with Crippen LogP contribution < -0.4 is 15.8 Å². The summed E-state index contributed by atoms with van der Waals surface area (Å²) >= 11 is 1.54. The molecule has 128 valence electrons. The number of carbonyl (C=O) groups excluding carboxylic acids is 1. The van der Waals surface area contributed by atoms with Gasteiger partial charge in [-0.15, -0.1) is 11.3 Å². The number of benzene rings is 1. The lowest BCUT2D eigenvalue weighted by molar-refractivity contribution is -0.119. The molecule has 0 unspecified atom stereocenters. The van der Waals surface area contributed by atoms with Crippen LogP contribution in [0.5, 0.6) is 5.75 Å². The number of nitrogens with zero attached hydrogens (tertiary/aromatic N) is 2. The molecule has 3 N–H and O–H groups in total. The number of fused-ring (bicyclic) bond motifs is 1. The van der Waals surface area contributed by atoms with Crippen molar-refractivity contribution < 1.29 is 9.53 Å². The number of carbonyl (C=O) groups is 1. The van der Waals surface area contributed by atoms with Crippen LogP contribution >= 0.6 is 11.3 Å². The third-order valence-electron chi connectivity index (χ3n) is 4.45. The Morgan fingerprint density at radius 2 is 2.28 bits per heavy atom. The van der Waals surface area contributed by atoms with Crippen molar-refractivity contribution in [1.82, 2.24) is 15.3 Å². The Hall–Kier alpha value is -2.67. The number of thiazole rings is 1. The zero-order chi connectivity index (χ0) is 17.4. The molecule has 1 saturated heterocycles. The van der Waals surface area contributed by atoms with E-state index in [0.717, 1.165) is 27.2 Å². The summed E-state index contributed by atoms with van der Waals surface area (Å²) in [6.45, 7) is 2.66. The van der Waals surface area contributed by atoms with E-state index in [2.05, 4.69) is 15.3 Å². The molecule has 0 saturated carbocycles. The minimum Gasteiger partial charge on any atom is -0.489 e. The van der Waals surface area contributed by atoms with Crippen LogP contribution in [0.2, 0.25) is 0 Å². The predicted molar refractivity (Wildman–Crippen MR) is 98.5 cm³/mol.